The van der Waals surface area contributed by atoms with E-state index < -0.39 is 6.03 Å². The maximum atomic E-state index is 11.0. The number of pyridine rings is 1. The van der Waals surface area contributed by atoms with Crippen molar-refractivity contribution in [3.8, 4) is 11.1 Å². The number of aromatic nitrogens is 2. The number of rotatable bonds is 3. The summed E-state index contributed by atoms with van der Waals surface area (Å²) in [6.45, 7) is 3.23. The molecule has 3 aromatic rings. The van der Waals surface area contributed by atoms with Crippen LogP contribution in [-0.2, 0) is 4.74 Å². The van der Waals surface area contributed by atoms with Gasteiger partial charge in [-0.3, -0.25) is 5.32 Å². The van der Waals surface area contributed by atoms with Crippen LogP contribution in [0.15, 0.2) is 42.6 Å². The van der Waals surface area contributed by atoms with Gasteiger partial charge < -0.3 is 20.4 Å². The number of carbonyl (C=O) groups excluding carboxylic acids is 1. The highest BCUT2D eigenvalue weighted by molar-refractivity contribution is 5.93. The molecular weight excluding hydrogens is 318 g/mol. The number of morpholine rings is 1. The Kier molecular flexibility index (Phi) is 3.99. The normalized spacial score (nSPS) is 14.6. The molecule has 7 nitrogen and oxygen atoms in total. The van der Waals surface area contributed by atoms with E-state index in [2.05, 4.69) is 26.3 Å². The number of hydrogen-bond donors (Lipinski definition) is 3. The highest BCUT2D eigenvalue weighted by Gasteiger charge is 2.12. The maximum Gasteiger partial charge on any atom is 0.317 e. The zero-order valence-electron chi connectivity index (χ0n) is 13.7. The Morgan fingerprint density at radius 3 is 2.68 bits per heavy atom. The van der Waals surface area contributed by atoms with Crippen LogP contribution >= 0.6 is 0 Å². The summed E-state index contributed by atoms with van der Waals surface area (Å²) < 4.78 is 5.37. The van der Waals surface area contributed by atoms with Crippen molar-refractivity contribution in [3.63, 3.8) is 0 Å². The zero-order valence-corrected chi connectivity index (χ0v) is 13.7. The van der Waals surface area contributed by atoms with Crippen LogP contribution in [0.1, 0.15) is 0 Å². The summed E-state index contributed by atoms with van der Waals surface area (Å²) in [6, 6.07) is 11.5. The van der Waals surface area contributed by atoms with Gasteiger partial charge in [-0.2, -0.15) is 0 Å². The lowest BCUT2D eigenvalue weighted by molar-refractivity contribution is 0.122. The van der Waals surface area contributed by atoms with Crippen LogP contribution in [0.4, 0.5) is 16.4 Å². The Labute approximate surface area is 144 Å². The molecular formula is C18H19N5O2. The van der Waals surface area contributed by atoms with Crippen molar-refractivity contribution in [3.05, 3.63) is 42.6 Å². The molecule has 0 radical (unpaired) electrons. The molecule has 128 valence electrons. The predicted molar refractivity (Wildman–Crippen MR) is 97.8 cm³/mol. The molecule has 4 N–H and O–H groups in total. The van der Waals surface area contributed by atoms with Gasteiger partial charge in [-0.25, -0.2) is 9.78 Å². The van der Waals surface area contributed by atoms with Gasteiger partial charge in [-0.1, -0.05) is 12.1 Å². The summed E-state index contributed by atoms with van der Waals surface area (Å²) in [5, 5.41) is 3.56. The fraction of sp³-hybridized carbons (Fsp3) is 0.222. The number of ether oxygens (including phenoxy) is 1. The number of benzene rings is 1. The number of nitrogens with two attached hydrogens (primary N) is 1. The number of amides is 2. The van der Waals surface area contributed by atoms with Gasteiger partial charge >= 0.3 is 6.03 Å². The van der Waals surface area contributed by atoms with E-state index in [4.69, 9.17) is 10.5 Å². The first-order chi connectivity index (χ1) is 12.2. The Balaban J connectivity index is 1.59. The van der Waals surface area contributed by atoms with Crippen molar-refractivity contribution in [1.29, 1.82) is 0 Å². The smallest absolute Gasteiger partial charge is 0.317 e. The van der Waals surface area contributed by atoms with E-state index >= 15 is 0 Å². The van der Waals surface area contributed by atoms with Gasteiger partial charge in [-0.15, -0.1) is 0 Å². The van der Waals surface area contributed by atoms with Gasteiger partial charge in [0.1, 0.15) is 11.6 Å². The molecule has 1 saturated heterocycles. The topological polar surface area (TPSA) is 96.3 Å². The number of hydrogen-bond acceptors (Lipinski definition) is 4. The quantitative estimate of drug-likeness (QED) is 0.684. The summed E-state index contributed by atoms with van der Waals surface area (Å²) in [6.07, 6.45) is 1.89. The number of nitrogens with zero attached hydrogens (tertiary/aromatic N) is 2. The Morgan fingerprint density at radius 2 is 1.96 bits per heavy atom. The molecule has 0 unspecified atom stereocenters. The van der Waals surface area contributed by atoms with Gasteiger partial charge in [0, 0.05) is 35.8 Å². The van der Waals surface area contributed by atoms with E-state index in [0.29, 0.717) is 5.82 Å². The van der Waals surface area contributed by atoms with Crippen LogP contribution in [0.5, 0.6) is 0 Å². The lowest BCUT2D eigenvalue weighted by atomic mass is 10.1. The Bertz CT molecular complexity index is 897. The predicted octanol–water partition coefficient (Wildman–Crippen LogP) is 2.56. The van der Waals surface area contributed by atoms with Gasteiger partial charge in [0.05, 0.1) is 13.2 Å². The van der Waals surface area contributed by atoms with E-state index in [0.717, 1.165) is 54.2 Å². The zero-order chi connectivity index (χ0) is 17.2. The van der Waals surface area contributed by atoms with Gasteiger partial charge in [-0.05, 0) is 29.8 Å². The highest BCUT2D eigenvalue weighted by Crippen LogP contribution is 2.27. The van der Waals surface area contributed by atoms with E-state index in [-0.39, 0.29) is 0 Å². The first-order valence-electron chi connectivity index (χ1n) is 8.17. The lowest BCUT2D eigenvalue weighted by Gasteiger charge is -2.27. The average Bonchev–Trinajstić information content (AvgIpc) is 3.03. The van der Waals surface area contributed by atoms with Crippen molar-refractivity contribution < 1.29 is 9.53 Å². The number of H-pyrrole nitrogens is 1. The van der Waals surface area contributed by atoms with Crippen LogP contribution in [0.25, 0.3) is 22.0 Å². The molecule has 0 bridgehead atoms. The van der Waals surface area contributed by atoms with E-state index in [1.165, 1.54) is 0 Å². The first-order valence-corrected chi connectivity index (χ1v) is 8.17. The molecule has 3 heterocycles. The molecule has 0 aliphatic carbocycles. The molecule has 0 atom stereocenters. The molecule has 7 heteroatoms. The summed E-state index contributed by atoms with van der Waals surface area (Å²) in [7, 11) is 0. The summed E-state index contributed by atoms with van der Waals surface area (Å²) in [5.74, 6) is 1.56. The summed E-state index contributed by atoms with van der Waals surface area (Å²) in [5.41, 5.74) is 8.18. The minimum absolute atomic E-state index is 0.584. The molecule has 1 fully saturated rings. The largest absolute Gasteiger partial charge is 0.378 e. The molecule has 0 spiro atoms. The van der Waals surface area contributed by atoms with Crippen LogP contribution in [-0.4, -0.2) is 42.3 Å². The molecule has 1 aliphatic rings. The molecule has 1 aliphatic heterocycles. The Hall–Kier alpha value is -3.06. The van der Waals surface area contributed by atoms with E-state index in [1.807, 2.05) is 36.5 Å². The number of aromatic amines is 1. The molecule has 2 aromatic heterocycles. The van der Waals surface area contributed by atoms with Crippen molar-refractivity contribution >= 4 is 28.6 Å². The van der Waals surface area contributed by atoms with Crippen molar-refractivity contribution in [1.82, 2.24) is 9.97 Å². The molecule has 25 heavy (non-hydrogen) atoms. The molecule has 2 amide bonds. The van der Waals surface area contributed by atoms with Gasteiger partial charge in [0.15, 0.2) is 0 Å². The number of anilines is 2. The maximum absolute atomic E-state index is 11.0. The van der Waals surface area contributed by atoms with Gasteiger partial charge in [0.2, 0.25) is 0 Å². The molecule has 1 aromatic carbocycles. The van der Waals surface area contributed by atoms with Crippen molar-refractivity contribution in [2.45, 2.75) is 0 Å². The van der Waals surface area contributed by atoms with Crippen LogP contribution in [0.3, 0.4) is 0 Å². The monoisotopic (exact) mass is 337 g/mol. The number of primary amides is 1. The molecule has 0 saturated carbocycles. The van der Waals surface area contributed by atoms with Crippen LogP contribution < -0.4 is 16.0 Å². The van der Waals surface area contributed by atoms with Crippen LogP contribution in [0, 0.1) is 0 Å². The minimum atomic E-state index is -0.588. The fourth-order valence-corrected chi connectivity index (χ4v) is 3.04. The highest BCUT2D eigenvalue weighted by atomic mass is 16.5. The third-order valence-electron chi connectivity index (χ3n) is 4.30. The van der Waals surface area contributed by atoms with E-state index in [1.54, 1.807) is 0 Å². The standard InChI is InChI=1S/C18H19N5O2/c19-18(24)22-16-10-13-2-1-12(9-15(13)21-16)14-3-4-17(20-11-14)23-5-7-25-8-6-23/h1-4,9-11,21H,5-8H2,(H3,19,22,24). The number of carbonyl (C=O) groups is 1. The first kappa shape index (κ1) is 15.5. The SMILES string of the molecule is NC(=O)Nc1cc2ccc(-c3ccc(N4CCOCC4)nc3)cc2[nH]1. The number of fused-ring (bicyclic) bond motifs is 1. The van der Waals surface area contributed by atoms with Gasteiger partial charge in [0.25, 0.3) is 0 Å². The van der Waals surface area contributed by atoms with Crippen molar-refractivity contribution in [2.75, 3.05) is 36.5 Å². The molecule has 4 rings (SSSR count). The second kappa shape index (κ2) is 6.45. The third kappa shape index (κ3) is 3.27. The minimum Gasteiger partial charge on any atom is -0.378 e. The third-order valence-corrected chi connectivity index (χ3v) is 4.30. The Morgan fingerprint density at radius 1 is 1.16 bits per heavy atom. The second-order valence-electron chi connectivity index (χ2n) is 5.98. The van der Waals surface area contributed by atoms with E-state index in [9.17, 15) is 4.79 Å². The van der Waals surface area contributed by atoms with Crippen LogP contribution in [0.2, 0.25) is 0 Å². The fourth-order valence-electron chi connectivity index (χ4n) is 3.04. The summed E-state index contributed by atoms with van der Waals surface area (Å²) in [4.78, 5) is 20.9. The second-order valence-corrected chi connectivity index (χ2v) is 5.98. The number of nitrogens with one attached hydrogen (secondary N) is 2. The van der Waals surface area contributed by atoms with Crippen molar-refractivity contribution in [2.24, 2.45) is 5.73 Å². The average molecular weight is 337 g/mol. The number of urea groups is 1. The lowest BCUT2D eigenvalue weighted by Crippen LogP contribution is -2.36. The summed E-state index contributed by atoms with van der Waals surface area (Å²) >= 11 is 0.